The van der Waals surface area contributed by atoms with Crippen molar-refractivity contribution in [3.63, 3.8) is 0 Å². The normalized spacial score (nSPS) is 16.7. The van der Waals surface area contributed by atoms with Crippen LogP contribution < -0.4 is 20.5 Å². The number of aromatic nitrogens is 4. The predicted molar refractivity (Wildman–Crippen MR) is 106 cm³/mol. The molecule has 8 nitrogen and oxygen atoms in total. The van der Waals surface area contributed by atoms with Gasteiger partial charge >= 0.3 is 0 Å². The summed E-state index contributed by atoms with van der Waals surface area (Å²) in [5.74, 6) is 0.661. The Bertz CT molecular complexity index is 1070. The maximum Gasteiger partial charge on any atom is 0.255 e. The highest BCUT2D eigenvalue weighted by Crippen LogP contribution is 2.30. The molecule has 2 aromatic heterocycles. The van der Waals surface area contributed by atoms with E-state index in [4.69, 9.17) is 4.74 Å². The van der Waals surface area contributed by atoms with E-state index in [1.54, 1.807) is 31.4 Å². The first-order chi connectivity index (χ1) is 14.1. The van der Waals surface area contributed by atoms with Gasteiger partial charge in [-0.3, -0.25) is 9.36 Å². The first-order valence-corrected chi connectivity index (χ1v) is 9.23. The summed E-state index contributed by atoms with van der Waals surface area (Å²) >= 11 is 0. The number of nitrogens with one attached hydrogen (secondary N) is 1. The lowest BCUT2D eigenvalue weighted by Crippen LogP contribution is -2.48. The van der Waals surface area contributed by atoms with E-state index in [0.717, 1.165) is 0 Å². The Kier molecular flexibility index (Phi) is 5.22. The van der Waals surface area contributed by atoms with Crippen LogP contribution in [0, 0.1) is 5.82 Å². The van der Waals surface area contributed by atoms with Gasteiger partial charge < -0.3 is 15.0 Å². The average molecular weight is 396 g/mol. The second kappa shape index (κ2) is 7.96. The van der Waals surface area contributed by atoms with Crippen LogP contribution in [0.1, 0.15) is 11.6 Å². The fourth-order valence-corrected chi connectivity index (χ4v) is 3.54. The molecule has 1 aliphatic heterocycles. The van der Waals surface area contributed by atoms with Gasteiger partial charge in [0.25, 0.3) is 5.56 Å². The highest BCUT2D eigenvalue weighted by molar-refractivity contribution is 5.55. The Balaban J connectivity index is 1.71. The number of ether oxygens (including phenoxy) is 1. The fraction of sp³-hybridized carbons (Fsp3) is 0.300. The van der Waals surface area contributed by atoms with Crippen LogP contribution in [0.25, 0.3) is 11.4 Å². The molecule has 1 aliphatic rings. The summed E-state index contributed by atoms with van der Waals surface area (Å²) in [6.07, 6.45) is 3.02. The van der Waals surface area contributed by atoms with Gasteiger partial charge in [-0.25, -0.2) is 19.3 Å². The number of hydrogen-bond acceptors (Lipinski definition) is 7. The summed E-state index contributed by atoms with van der Waals surface area (Å²) in [6, 6.07) is 7.63. The number of nitrogens with zero attached hydrogens (tertiary/aromatic N) is 5. The van der Waals surface area contributed by atoms with Crippen molar-refractivity contribution in [3.05, 3.63) is 64.6 Å². The minimum atomic E-state index is -0.333. The van der Waals surface area contributed by atoms with E-state index < -0.39 is 0 Å². The molecule has 1 aromatic carbocycles. The molecule has 3 aromatic rings. The maximum absolute atomic E-state index is 14.6. The van der Waals surface area contributed by atoms with Crippen LogP contribution in [0.15, 0.2) is 47.7 Å². The van der Waals surface area contributed by atoms with E-state index in [1.165, 1.54) is 30.1 Å². The van der Waals surface area contributed by atoms with E-state index in [0.29, 0.717) is 48.3 Å². The van der Waals surface area contributed by atoms with Gasteiger partial charge in [0.2, 0.25) is 5.95 Å². The summed E-state index contributed by atoms with van der Waals surface area (Å²) in [5.41, 5.74) is 1.32. The smallest absolute Gasteiger partial charge is 0.255 e. The van der Waals surface area contributed by atoms with Gasteiger partial charge in [0, 0.05) is 44.5 Å². The van der Waals surface area contributed by atoms with Crippen molar-refractivity contribution in [1.29, 1.82) is 0 Å². The molecule has 1 N–H and O–H groups in total. The van der Waals surface area contributed by atoms with E-state index >= 15 is 0 Å². The monoisotopic (exact) mass is 396 g/mol. The number of rotatable bonds is 4. The lowest BCUT2D eigenvalue weighted by Gasteiger charge is -2.35. The molecule has 0 spiro atoms. The first kappa shape index (κ1) is 19.0. The van der Waals surface area contributed by atoms with Crippen molar-refractivity contribution in [3.8, 4) is 17.1 Å². The van der Waals surface area contributed by atoms with Gasteiger partial charge in [-0.1, -0.05) is 6.07 Å². The third-order valence-corrected chi connectivity index (χ3v) is 5.00. The van der Waals surface area contributed by atoms with Gasteiger partial charge in [0.15, 0.2) is 0 Å². The SMILES string of the molecule is COc1cccc(F)c1C1CN(c2nc(-c3ccncn3)cc(=O)n2C)CCN1. The minimum Gasteiger partial charge on any atom is -0.496 e. The molecule has 1 unspecified atom stereocenters. The van der Waals surface area contributed by atoms with Gasteiger partial charge in [-0.2, -0.15) is 0 Å². The lowest BCUT2D eigenvalue weighted by molar-refractivity contribution is 0.380. The first-order valence-electron chi connectivity index (χ1n) is 9.23. The van der Waals surface area contributed by atoms with Crippen molar-refractivity contribution in [2.24, 2.45) is 7.05 Å². The van der Waals surface area contributed by atoms with E-state index in [9.17, 15) is 9.18 Å². The topological polar surface area (TPSA) is 85.2 Å². The molecule has 9 heteroatoms. The minimum absolute atomic E-state index is 0.192. The number of piperazine rings is 1. The predicted octanol–water partition coefficient (Wildman–Crippen LogP) is 1.54. The van der Waals surface area contributed by atoms with Gasteiger partial charge in [0.05, 0.1) is 24.5 Å². The Morgan fingerprint density at radius 1 is 1.28 bits per heavy atom. The van der Waals surface area contributed by atoms with Gasteiger partial charge in [-0.05, 0) is 18.2 Å². The zero-order valence-corrected chi connectivity index (χ0v) is 16.2. The fourth-order valence-electron chi connectivity index (χ4n) is 3.54. The molecule has 0 bridgehead atoms. The molecule has 1 fully saturated rings. The zero-order valence-electron chi connectivity index (χ0n) is 16.2. The third kappa shape index (κ3) is 3.68. The molecular weight excluding hydrogens is 375 g/mol. The molecule has 0 saturated carbocycles. The van der Waals surface area contributed by atoms with Crippen LogP contribution in [0.4, 0.5) is 10.3 Å². The second-order valence-corrected chi connectivity index (χ2v) is 6.74. The molecule has 1 saturated heterocycles. The molecule has 0 amide bonds. The molecule has 0 aliphatic carbocycles. The van der Waals surface area contributed by atoms with E-state index in [1.807, 2.05) is 4.90 Å². The number of anilines is 1. The quantitative estimate of drug-likeness (QED) is 0.716. The highest BCUT2D eigenvalue weighted by atomic mass is 19.1. The van der Waals surface area contributed by atoms with Crippen LogP contribution in [-0.4, -0.2) is 46.3 Å². The van der Waals surface area contributed by atoms with Crippen molar-refractivity contribution < 1.29 is 9.13 Å². The zero-order chi connectivity index (χ0) is 20.4. The highest BCUT2D eigenvalue weighted by Gasteiger charge is 2.28. The van der Waals surface area contributed by atoms with Gasteiger partial charge in [0.1, 0.15) is 17.9 Å². The van der Waals surface area contributed by atoms with Crippen LogP contribution in [0.3, 0.4) is 0 Å². The molecule has 29 heavy (non-hydrogen) atoms. The molecule has 150 valence electrons. The number of halogens is 1. The summed E-state index contributed by atoms with van der Waals surface area (Å²) in [6.45, 7) is 1.67. The van der Waals surface area contributed by atoms with Crippen molar-refractivity contribution in [1.82, 2.24) is 24.8 Å². The van der Waals surface area contributed by atoms with Crippen LogP contribution in [0.5, 0.6) is 5.75 Å². The number of methoxy groups -OCH3 is 1. The maximum atomic E-state index is 14.6. The van der Waals surface area contributed by atoms with Crippen molar-refractivity contribution in [2.45, 2.75) is 6.04 Å². The summed E-state index contributed by atoms with van der Waals surface area (Å²) in [4.78, 5) is 27.3. The Labute approximate surface area is 167 Å². The lowest BCUT2D eigenvalue weighted by atomic mass is 10.0. The van der Waals surface area contributed by atoms with Crippen molar-refractivity contribution >= 4 is 5.95 Å². The Morgan fingerprint density at radius 2 is 2.14 bits per heavy atom. The van der Waals surface area contributed by atoms with Crippen LogP contribution in [-0.2, 0) is 7.05 Å². The van der Waals surface area contributed by atoms with E-state index in [-0.39, 0.29) is 17.4 Å². The second-order valence-electron chi connectivity index (χ2n) is 6.74. The average Bonchev–Trinajstić information content (AvgIpc) is 2.76. The van der Waals surface area contributed by atoms with E-state index in [2.05, 4.69) is 20.3 Å². The molecular formula is C20H21FN6O2. The molecule has 1 atom stereocenters. The Hall–Kier alpha value is -3.33. The molecule has 4 rings (SSSR count). The molecule has 3 heterocycles. The summed E-state index contributed by atoms with van der Waals surface area (Å²) in [7, 11) is 3.20. The van der Waals surface area contributed by atoms with Crippen LogP contribution in [0.2, 0.25) is 0 Å². The largest absolute Gasteiger partial charge is 0.496 e. The number of benzene rings is 1. The summed E-state index contributed by atoms with van der Waals surface area (Å²) < 4.78 is 21.4. The standard InChI is InChI=1S/C20H21FN6O2/c1-26-18(28)10-15(14-6-7-22-12-24-14)25-20(26)27-9-8-23-16(11-27)19-13(21)4-3-5-17(19)29-2/h3-7,10,12,16,23H,8-9,11H2,1-2H3. The third-order valence-electron chi connectivity index (χ3n) is 5.00. The van der Waals surface area contributed by atoms with Crippen molar-refractivity contribution in [2.75, 3.05) is 31.6 Å². The number of hydrogen-bond donors (Lipinski definition) is 1. The summed E-state index contributed by atoms with van der Waals surface area (Å²) in [5, 5.41) is 3.33. The Morgan fingerprint density at radius 3 is 2.90 bits per heavy atom. The molecule has 0 radical (unpaired) electrons. The van der Waals surface area contributed by atoms with Crippen LogP contribution >= 0.6 is 0 Å². The van der Waals surface area contributed by atoms with Gasteiger partial charge in [-0.15, -0.1) is 0 Å².